The maximum atomic E-state index is 13.8. The quantitative estimate of drug-likeness (QED) is 0.753. The van der Waals surface area contributed by atoms with E-state index in [1.54, 1.807) is 48.2 Å². The normalized spacial score (nSPS) is 13.5. The Morgan fingerprint density at radius 2 is 2.00 bits per heavy atom. The molecule has 0 spiro atoms. The van der Waals surface area contributed by atoms with Crippen molar-refractivity contribution in [2.45, 2.75) is 0 Å². The Morgan fingerprint density at radius 1 is 1.18 bits per heavy atom. The first kappa shape index (κ1) is 17.7. The Balaban J connectivity index is 1.82. The summed E-state index contributed by atoms with van der Waals surface area (Å²) in [6.45, 7) is 0.124. The third kappa shape index (κ3) is 3.32. The van der Waals surface area contributed by atoms with Crippen LogP contribution in [0.25, 0.3) is 16.9 Å². The second-order valence-electron chi connectivity index (χ2n) is 6.30. The summed E-state index contributed by atoms with van der Waals surface area (Å²) >= 11 is 0. The number of amides is 2. The summed E-state index contributed by atoms with van der Waals surface area (Å²) in [6, 6.07) is 14.8. The summed E-state index contributed by atoms with van der Waals surface area (Å²) in [7, 11) is 1.56. The molecule has 142 valence electrons. The zero-order valence-electron chi connectivity index (χ0n) is 15.1. The van der Waals surface area contributed by atoms with Crippen molar-refractivity contribution in [3.05, 3.63) is 66.1 Å². The van der Waals surface area contributed by atoms with Crippen LogP contribution in [0.4, 0.5) is 4.39 Å². The number of benzene rings is 2. The van der Waals surface area contributed by atoms with Crippen molar-refractivity contribution in [3.63, 3.8) is 0 Å². The lowest BCUT2D eigenvalue weighted by atomic mass is 10.1. The number of ether oxygens (including phenoxy) is 1. The molecule has 0 atom stereocenters. The number of nitrogens with zero attached hydrogens (tertiary/aromatic N) is 3. The molecular weight excluding hydrogens is 363 g/mol. The number of halogens is 1. The highest BCUT2D eigenvalue weighted by atomic mass is 19.1. The standard InChI is InChI=1S/C20H17FN4O3/c1-28-16-7-3-6-15(9-16)25-18(13-4-2-5-14(21)8-13)10-17(23-25)20(27)24-11-19(26)22-12-24/h2-10H,11-12H2,1H3,(H,22,26). The van der Waals surface area contributed by atoms with Gasteiger partial charge in [0.1, 0.15) is 18.1 Å². The molecule has 3 aromatic rings. The van der Waals surface area contributed by atoms with Crippen molar-refractivity contribution in [1.82, 2.24) is 20.0 Å². The molecular formula is C20H17FN4O3. The molecule has 8 heteroatoms. The van der Waals surface area contributed by atoms with Gasteiger partial charge in [-0.05, 0) is 30.3 Å². The average molecular weight is 380 g/mol. The van der Waals surface area contributed by atoms with Crippen LogP contribution in [-0.2, 0) is 4.79 Å². The average Bonchev–Trinajstić information content (AvgIpc) is 3.34. The summed E-state index contributed by atoms with van der Waals surface area (Å²) in [5.74, 6) is -0.359. The van der Waals surface area contributed by atoms with Crippen LogP contribution < -0.4 is 10.1 Å². The molecule has 2 amide bonds. The van der Waals surface area contributed by atoms with Crippen molar-refractivity contribution in [2.75, 3.05) is 20.3 Å². The minimum absolute atomic E-state index is 0.0137. The number of rotatable bonds is 4. The Bertz CT molecular complexity index is 1060. The van der Waals surface area contributed by atoms with E-state index in [0.717, 1.165) is 0 Å². The molecule has 0 radical (unpaired) electrons. The van der Waals surface area contributed by atoms with Gasteiger partial charge in [0.25, 0.3) is 5.91 Å². The smallest absolute Gasteiger partial charge is 0.276 e. The van der Waals surface area contributed by atoms with Gasteiger partial charge in [0, 0.05) is 11.6 Å². The molecule has 2 aromatic carbocycles. The third-order valence-electron chi connectivity index (χ3n) is 4.44. The van der Waals surface area contributed by atoms with E-state index in [1.807, 2.05) is 6.07 Å². The van der Waals surface area contributed by atoms with E-state index in [2.05, 4.69) is 10.4 Å². The molecule has 28 heavy (non-hydrogen) atoms. The van der Waals surface area contributed by atoms with E-state index < -0.39 is 5.82 Å². The number of nitrogens with one attached hydrogen (secondary N) is 1. The topological polar surface area (TPSA) is 76.5 Å². The number of methoxy groups -OCH3 is 1. The van der Waals surface area contributed by atoms with Crippen LogP contribution in [0, 0.1) is 5.82 Å². The van der Waals surface area contributed by atoms with Crippen molar-refractivity contribution < 1.29 is 18.7 Å². The van der Waals surface area contributed by atoms with Crippen molar-refractivity contribution >= 4 is 11.8 Å². The van der Waals surface area contributed by atoms with Crippen LogP contribution in [0.15, 0.2) is 54.6 Å². The molecule has 1 aliphatic heterocycles. The van der Waals surface area contributed by atoms with E-state index in [4.69, 9.17) is 4.74 Å². The predicted molar refractivity (Wildman–Crippen MR) is 99.6 cm³/mol. The van der Waals surface area contributed by atoms with E-state index in [1.165, 1.54) is 17.0 Å². The van der Waals surface area contributed by atoms with E-state index in [0.29, 0.717) is 22.7 Å². The van der Waals surface area contributed by atoms with Gasteiger partial charge in [-0.3, -0.25) is 9.59 Å². The Kier molecular flexibility index (Phi) is 4.52. The third-order valence-corrected chi connectivity index (χ3v) is 4.44. The zero-order valence-corrected chi connectivity index (χ0v) is 15.1. The largest absolute Gasteiger partial charge is 0.497 e. The second kappa shape index (κ2) is 7.15. The van der Waals surface area contributed by atoms with Crippen LogP contribution in [0.5, 0.6) is 5.75 Å². The highest BCUT2D eigenvalue weighted by Crippen LogP contribution is 2.27. The van der Waals surface area contributed by atoms with Crippen molar-refractivity contribution in [2.24, 2.45) is 0 Å². The van der Waals surface area contributed by atoms with Crippen LogP contribution in [0.3, 0.4) is 0 Å². The maximum absolute atomic E-state index is 13.8. The first-order valence-corrected chi connectivity index (χ1v) is 8.61. The molecule has 1 saturated heterocycles. The van der Waals surface area contributed by atoms with E-state index >= 15 is 0 Å². The minimum atomic E-state index is -0.391. The van der Waals surface area contributed by atoms with Crippen LogP contribution >= 0.6 is 0 Å². The summed E-state index contributed by atoms with van der Waals surface area (Å²) in [5.41, 5.74) is 1.95. The zero-order chi connectivity index (χ0) is 19.7. The van der Waals surface area contributed by atoms with Crippen LogP contribution in [0.2, 0.25) is 0 Å². The van der Waals surface area contributed by atoms with Gasteiger partial charge in [-0.1, -0.05) is 18.2 Å². The summed E-state index contributed by atoms with van der Waals surface area (Å²) in [6.07, 6.45) is 0. The van der Waals surface area contributed by atoms with Crippen molar-refractivity contribution in [1.29, 1.82) is 0 Å². The van der Waals surface area contributed by atoms with Gasteiger partial charge in [0.15, 0.2) is 5.69 Å². The van der Waals surface area contributed by atoms with Crippen LogP contribution in [-0.4, -0.2) is 46.8 Å². The minimum Gasteiger partial charge on any atom is -0.497 e. The Hall–Kier alpha value is -3.68. The number of hydrogen-bond donors (Lipinski definition) is 1. The fraction of sp³-hybridized carbons (Fsp3) is 0.150. The molecule has 0 unspecified atom stereocenters. The number of carbonyl (C=O) groups excluding carboxylic acids is 2. The molecule has 1 fully saturated rings. The number of carbonyl (C=O) groups is 2. The molecule has 4 rings (SSSR count). The summed E-state index contributed by atoms with van der Waals surface area (Å²) < 4.78 is 20.6. The van der Waals surface area contributed by atoms with E-state index in [-0.39, 0.29) is 30.7 Å². The molecule has 1 aliphatic rings. The van der Waals surface area contributed by atoms with E-state index in [9.17, 15) is 14.0 Å². The molecule has 0 saturated carbocycles. The fourth-order valence-corrected chi connectivity index (χ4v) is 3.05. The Labute approximate surface area is 160 Å². The second-order valence-corrected chi connectivity index (χ2v) is 6.30. The van der Waals surface area contributed by atoms with Gasteiger partial charge in [0.05, 0.1) is 25.2 Å². The lowest BCUT2D eigenvalue weighted by Crippen LogP contribution is -2.30. The monoisotopic (exact) mass is 380 g/mol. The van der Waals surface area contributed by atoms with Gasteiger partial charge in [0.2, 0.25) is 5.91 Å². The Morgan fingerprint density at radius 3 is 2.71 bits per heavy atom. The van der Waals surface area contributed by atoms with Crippen molar-refractivity contribution in [3.8, 4) is 22.7 Å². The SMILES string of the molecule is COc1cccc(-n2nc(C(=O)N3CNC(=O)C3)cc2-c2cccc(F)c2)c1. The predicted octanol–water partition coefficient (Wildman–Crippen LogP) is 2.22. The molecule has 2 heterocycles. The molecule has 1 aromatic heterocycles. The lowest BCUT2D eigenvalue weighted by molar-refractivity contribution is -0.118. The van der Waals surface area contributed by atoms with Gasteiger partial charge < -0.3 is 15.0 Å². The van der Waals surface area contributed by atoms with Gasteiger partial charge in [-0.25, -0.2) is 9.07 Å². The first-order chi connectivity index (χ1) is 13.5. The summed E-state index contributed by atoms with van der Waals surface area (Å²) in [5, 5.41) is 7.03. The highest BCUT2D eigenvalue weighted by Gasteiger charge is 2.27. The highest BCUT2D eigenvalue weighted by molar-refractivity contribution is 5.97. The number of aromatic nitrogens is 2. The summed E-state index contributed by atoms with van der Waals surface area (Å²) in [4.78, 5) is 25.6. The molecule has 0 aliphatic carbocycles. The maximum Gasteiger partial charge on any atom is 0.276 e. The first-order valence-electron chi connectivity index (χ1n) is 8.61. The molecule has 0 bridgehead atoms. The molecule has 1 N–H and O–H groups in total. The number of hydrogen-bond acceptors (Lipinski definition) is 4. The van der Waals surface area contributed by atoms with Gasteiger partial charge in [-0.2, -0.15) is 5.10 Å². The molecule has 7 nitrogen and oxygen atoms in total. The van der Waals surface area contributed by atoms with Gasteiger partial charge >= 0.3 is 0 Å². The fourth-order valence-electron chi connectivity index (χ4n) is 3.05. The van der Waals surface area contributed by atoms with Gasteiger partial charge in [-0.15, -0.1) is 0 Å². The lowest BCUT2D eigenvalue weighted by Gasteiger charge is -2.11. The van der Waals surface area contributed by atoms with Crippen LogP contribution in [0.1, 0.15) is 10.5 Å².